The number of nitrogens with zero attached hydrogens (tertiary/aromatic N) is 2. The van der Waals surface area contributed by atoms with E-state index in [0.29, 0.717) is 12.0 Å². The van der Waals surface area contributed by atoms with Crippen molar-refractivity contribution in [2.45, 2.75) is 39.2 Å². The number of rotatable bonds is 0. The molecular formula is C17H22N2. The van der Waals surface area contributed by atoms with Crippen LogP contribution in [0.5, 0.6) is 0 Å². The molecule has 0 N–H and O–H groups in total. The molecule has 4 rings (SSSR count). The minimum absolute atomic E-state index is 0.146. The first-order valence-corrected chi connectivity index (χ1v) is 7.49. The Morgan fingerprint density at radius 3 is 3.05 bits per heavy atom. The van der Waals surface area contributed by atoms with Crippen LogP contribution in [-0.2, 0) is 0 Å². The van der Waals surface area contributed by atoms with Crippen LogP contribution < -0.4 is 0 Å². The van der Waals surface area contributed by atoms with Crippen LogP contribution in [0.3, 0.4) is 0 Å². The van der Waals surface area contributed by atoms with Crippen LogP contribution in [0.2, 0.25) is 0 Å². The van der Waals surface area contributed by atoms with Gasteiger partial charge < -0.3 is 4.90 Å². The van der Waals surface area contributed by atoms with Gasteiger partial charge in [-0.3, -0.25) is 4.99 Å². The first-order chi connectivity index (χ1) is 9.13. The van der Waals surface area contributed by atoms with Crippen molar-refractivity contribution in [3.63, 3.8) is 0 Å². The van der Waals surface area contributed by atoms with Crippen LogP contribution in [0.25, 0.3) is 0 Å². The van der Waals surface area contributed by atoms with Gasteiger partial charge in [-0.05, 0) is 36.3 Å². The molecule has 0 radical (unpaired) electrons. The van der Waals surface area contributed by atoms with E-state index in [9.17, 15) is 0 Å². The largest absolute Gasteiger partial charge is 0.374 e. The quantitative estimate of drug-likeness (QED) is 0.647. The Morgan fingerprint density at radius 1 is 1.37 bits per heavy atom. The van der Waals surface area contributed by atoms with Crippen molar-refractivity contribution in [3.05, 3.63) is 34.6 Å². The highest BCUT2D eigenvalue weighted by Crippen LogP contribution is 2.55. The van der Waals surface area contributed by atoms with Crippen LogP contribution in [-0.4, -0.2) is 30.7 Å². The second-order valence-electron chi connectivity index (χ2n) is 6.67. The number of hydrogen-bond donors (Lipinski definition) is 0. The fourth-order valence-corrected chi connectivity index (χ4v) is 4.65. The van der Waals surface area contributed by atoms with Gasteiger partial charge in [-0.25, -0.2) is 0 Å². The molecule has 2 heteroatoms. The third-order valence-electron chi connectivity index (χ3n) is 5.97. The molecule has 5 bridgehead atoms. The van der Waals surface area contributed by atoms with Crippen LogP contribution in [0.1, 0.15) is 33.1 Å². The molecule has 0 spiro atoms. The summed E-state index contributed by atoms with van der Waals surface area (Å²) < 4.78 is 0. The molecule has 0 aromatic rings. The van der Waals surface area contributed by atoms with E-state index in [1.54, 1.807) is 22.4 Å². The summed E-state index contributed by atoms with van der Waals surface area (Å²) in [5.41, 5.74) is 6.59. The Kier molecular flexibility index (Phi) is 2.19. The SMILES string of the molecule is CC1C2CC3=C(CCC4=C3C=CCN=CC41C)N2C. The van der Waals surface area contributed by atoms with Crippen LogP contribution in [0.15, 0.2) is 39.6 Å². The zero-order valence-electron chi connectivity index (χ0n) is 12.1. The average molecular weight is 254 g/mol. The van der Waals surface area contributed by atoms with E-state index in [2.05, 4.69) is 49.2 Å². The highest BCUT2D eigenvalue weighted by molar-refractivity contribution is 5.75. The van der Waals surface area contributed by atoms with Crippen molar-refractivity contribution < 1.29 is 0 Å². The molecule has 0 saturated carbocycles. The number of fused-ring (bicyclic) bond motifs is 1. The maximum atomic E-state index is 4.66. The van der Waals surface area contributed by atoms with Crippen molar-refractivity contribution in [3.8, 4) is 0 Å². The van der Waals surface area contributed by atoms with E-state index < -0.39 is 0 Å². The van der Waals surface area contributed by atoms with Gasteiger partial charge in [0.25, 0.3) is 0 Å². The Balaban J connectivity index is 2.04. The summed E-state index contributed by atoms with van der Waals surface area (Å²) in [6.07, 6.45) is 10.5. The van der Waals surface area contributed by atoms with Gasteiger partial charge >= 0.3 is 0 Å². The van der Waals surface area contributed by atoms with Gasteiger partial charge in [-0.1, -0.05) is 31.6 Å². The molecule has 4 aliphatic rings. The molecule has 2 aliphatic carbocycles. The number of hydrogen-bond acceptors (Lipinski definition) is 2. The first-order valence-electron chi connectivity index (χ1n) is 7.49. The molecule has 0 fully saturated rings. The van der Waals surface area contributed by atoms with Crippen molar-refractivity contribution in [1.82, 2.24) is 4.90 Å². The molecule has 2 nitrogen and oxygen atoms in total. The highest BCUT2D eigenvalue weighted by Gasteiger charge is 2.49. The van der Waals surface area contributed by atoms with Gasteiger partial charge in [0.15, 0.2) is 0 Å². The summed E-state index contributed by atoms with van der Waals surface area (Å²) in [4.78, 5) is 7.23. The normalized spacial score (nSPS) is 39.8. The van der Waals surface area contributed by atoms with E-state index in [-0.39, 0.29) is 5.41 Å². The van der Waals surface area contributed by atoms with Gasteiger partial charge in [0.1, 0.15) is 0 Å². The Hall–Kier alpha value is -1.31. The minimum atomic E-state index is 0.146. The summed E-state index contributed by atoms with van der Waals surface area (Å²) in [6, 6.07) is 0.653. The summed E-state index contributed by atoms with van der Waals surface area (Å²) >= 11 is 0. The fourth-order valence-electron chi connectivity index (χ4n) is 4.65. The molecule has 0 aromatic heterocycles. The van der Waals surface area contributed by atoms with E-state index in [1.807, 2.05) is 0 Å². The Bertz CT molecular complexity index is 564. The van der Waals surface area contributed by atoms with E-state index in [4.69, 9.17) is 0 Å². The number of aliphatic imine (C=N–C) groups is 1. The van der Waals surface area contributed by atoms with Crippen molar-refractivity contribution >= 4 is 6.21 Å². The van der Waals surface area contributed by atoms with Gasteiger partial charge in [-0.15, -0.1) is 0 Å². The van der Waals surface area contributed by atoms with E-state index >= 15 is 0 Å². The summed E-state index contributed by atoms with van der Waals surface area (Å²) in [7, 11) is 2.30. The van der Waals surface area contributed by atoms with Crippen molar-refractivity contribution in [2.75, 3.05) is 13.6 Å². The molecular weight excluding hydrogens is 232 g/mol. The van der Waals surface area contributed by atoms with Gasteiger partial charge in [0.05, 0.1) is 6.54 Å². The summed E-state index contributed by atoms with van der Waals surface area (Å²) in [6.45, 7) is 5.67. The zero-order valence-corrected chi connectivity index (χ0v) is 12.1. The molecule has 2 aliphatic heterocycles. The maximum absolute atomic E-state index is 4.66. The fraction of sp³-hybridized carbons (Fsp3) is 0.588. The summed E-state index contributed by atoms with van der Waals surface area (Å²) in [5.74, 6) is 0.632. The predicted molar refractivity (Wildman–Crippen MR) is 79.2 cm³/mol. The zero-order chi connectivity index (χ0) is 13.2. The lowest BCUT2D eigenvalue weighted by atomic mass is 9.66. The van der Waals surface area contributed by atoms with Gasteiger partial charge in [0, 0.05) is 30.4 Å². The second-order valence-corrected chi connectivity index (χ2v) is 6.67. The standard InChI is InChI=1S/C17H22N2/c1-11-16-9-13-12-5-4-8-18-10-17(11,2)14(12)6-7-15(13)19(16)3/h4-5,10-11,16H,6-9H2,1-3H3. The van der Waals surface area contributed by atoms with E-state index in [0.717, 1.165) is 6.54 Å². The lowest BCUT2D eigenvalue weighted by Crippen LogP contribution is -2.44. The average Bonchev–Trinajstić information content (AvgIpc) is 2.69. The maximum Gasteiger partial charge on any atom is 0.0570 e. The number of allylic oxidation sites excluding steroid dienone is 4. The minimum Gasteiger partial charge on any atom is -0.374 e. The highest BCUT2D eigenvalue weighted by atomic mass is 15.2. The molecule has 0 aromatic carbocycles. The van der Waals surface area contributed by atoms with Crippen LogP contribution >= 0.6 is 0 Å². The smallest absolute Gasteiger partial charge is 0.0570 e. The molecule has 0 saturated heterocycles. The van der Waals surface area contributed by atoms with Crippen LogP contribution in [0, 0.1) is 11.3 Å². The molecule has 19 heavy (non-hydrogen) atoms. The molecule has 100 valence electrons. The molecule has 3 unspecified atom stereocenters. The Labute approximate surface area is 115 Å². The monoisotopic (exact) mass is 254 g/mol. The topological polar surface area (TPSA) is 15.6 Å². The molecule has 3 atom stereocenters. The van der Waals surface area contributed by atoms with E-state index in [1.165, 1.54) is 19.3 Å². The first kappa shape index (κ1) is 11.5. The number of likely N-dealkylation sites (tertiary alicyclic amines) is 1. The third-order valence-corrected chi connectivity index (χ3v) is 5.97. The third kappa shape index (κ3) is 1.30. The summed E-state index contributed by atoms with van der Waals surface area (Å²) in [5, 5.41) is 0. The van der Waals surface area contributed by atoms with Gasteiger partial charge in [-0.2, -0.15) is 0 Å². The van der Waals surface area contributed by atoms with Crippen molar-refractivity contribution in [2.24, 2.45) is 16.3 Å². The van der Waals surface area contributed by atoms with Gasteiger partial charge in [0.2, 0.25) is 0 Å². The molecule has 2 heterocycles. The lowest BCUT2D eigenvalue weighted by molar-refractivity contribution is 0.175. The molecule has 0 amide bonds. The van der Waals surface area contributed by atoms with Crippen molar-refractivity contribution in [1.29, 1.82) is 0 Å². The second kappa shape index (κ2) is 3.62. The lowest BCUT2D eigenvalue weighted by Gasteiger charge is -2.45. The Morgan fingerprint density at radius 2 is 2.21 bits per heavy atom. The predicted octanol–water partition coefficient (Wildman–Crippen LogP) is 3.33. The van der Waals surface area contributed by atoms with Crippen LogP contribution in [0.4, 0.5) is 0 Å².